The van der Waals surface area contributed by atoms with Gasteiger partial charge in [-0.25, -0.2) is 9.97 Å². The number of hydrogen-bond acceptors (Lipinski definition) is 3. The second-order valence-electron chi connectivity index (χ2n) is 5.52. The number of aromatic nitrogens is 2. The predicted molar refractivity (Wildman–Crippen MR) is 107 cm³/mol. The zero-order valence-corrected chi connectivity index (χ0v) is 15.4. The zero-order valence-electron chi connectivity index (χ0n) is 13.1. The van der Waals surface area contributed by atoms with Gasteiger partial charge in [-0.15, -0.1) is 0 Å². The molecule has 3 nitrogen and oxygen atoms in total. The summed E-state index contributed by atoms with van der Waals surface area (Å²) in [7, 11) is 0. The maximum Gasteiger partial charge on any atom is 0.162 e. The van der Waals surface area contributed by atoms with E-state index in [1.54, 1.807) is 0 Å². The quantitative estimate of drug-likeness (QED) is 0.421. The number of hydrogen-bond donors (Lipinski definition) is 1. The minimum atomic E-state index is 0.649. The summed E-state index contributed by atoms with van der Waals surface area (Å²) in [6.45, 7) is 0. The van der Waals surface area contributed by atoms with Crippen molar-refractivity contribution in [3.05, 3.63) is 82.3 Å². The van der Waals surface area contributed by atoms with E-state index in [-0.39, 0.29) is 0 Å². The first-order valence-electron chi connectivity index (χ1n) is 7.75. The summed E-state index contributed by atoms with van der Waals surface area (Å²) in [4.78, 5) is 9.44. The van der Waals surface area contributed by atoms with Crippen LogP contribution in [0.4, 0.5) is 11.5 Å². The highest BCUT2D eigenvalue weighted by atomic mass is 79.9. The molecule has 5 heteroatoms. The number of nitrogens with zero attached hydrogens (tertiary/aromatic N) is 2. The van der Waals surface area contributed by atoms with Crippen LogP contribution in [0.15, 0.2) is 77.3 Å². The molecule has 0 saturated heterocycles. The van der Waals surface area contributed by atoms with Gasteiger partial charge in [-0.2, -0.15) is 0 Å². The molecular formula is C20H13BrClN3. The molecule has 0 fully saturated rings. The summed E-state index contributed by atoms with van der Waals surface area (Å²) in [6, 6.07) is 23.5. The van der Waals surface area contributed by atoms with Gasteiger partial charge >= 0.3 is 0 Å². The second kappa shape index (κ2) is 6.82. The molecule has 0 bridgehead atoms. The van der Waals surface area contributed by atoms with Crippen molar-refractivity contribution in [1.29, 1.82) is 0 Å². The number of anilines is 2. The van der Waals surface area contributed by atoms with Crippen LogP contribution in [-0.4, -0.2) is 9.97 Å². The lowest BCUT2D eigenvalue weighted by molar-refractivity contribution is 1.22. The zero-order chi connectivity index (χ0) is 17.2. The van der Waals surface area contributed by atoms with E-state index >= 15 is 0 Å². The fourth-order valence-electron chi connectivity index (χ4n) is 2.59. The molecule has 4 aromatic rings. The van der Waals surface area contributed by atoms with Gasteiger partial charge in [-0.1, -0.05) is 63.9 Å². The molecule has 0 aliphatic heterocycles. The Balaban J connectivity index is 1.87. The van der Waals surface area contributed by atoms with Crippen molar-refractivity contribution in [2.45, 2.75) is 0 Å². The van der Waals surface area contributed by atoms with Crippen LogP contribution in [0.2, 0.25) is 5.02 Å². The fraction of sp³-hybridized carbons (Fsp3) is 0. The Morgan fingerprint density at radius 2 is 1.52 bits per heavy atom. The molecule has 1 aromatic heterocycles. The molecule has 25 heavy (non-hydrogen) atoms. The SMILES string of the molecule is Clc1ccccc1Nc1nc(-c2ccc(Br)cc2)nc2ccccc12. The second-order valence-corrected chi connectivity index (χ2v) is 6.85. The third-order valence-electron chi connectivity index (χ3n) is 3.83. The van der Waals surface area contributed by atoms with Gasteiger partial charge in [0.25, 0.3) is 0 Å². The average molecular weight is 411 g/mol. The van der Waals surface area contributed by atoms with Crippen molar-refractivity contribution in [2.75, 3.05) is 5.32 Å². The number of fused-ring (bicyclic) bond motifs is 1. The molecule has 3 aromatic carbocycles. The Kier molecular flexibility index (Phi) is 4.38. The predicted octanol–water partition coefficient (Wildman–Crippen LogP) is 6.46. The number of halogens is 2. The topological polar surface area (TPSA) is 37.8 Å². The molecule has 4 rings (SSSR count). The number of para-hydroxylation sites is 2. The Labute approximate surface area is 158 Å². The largest absolute Gasteiger partial charge is 0.338 e. The summed E-state index contributed by atoms with van der Waals surface area (Å²) < 4.78 is 1.02. The smallest absolute Gasteiger partial charge is 0.162 e. The Hall–Kier alpha value is -2.43. The highest BCUT2D eigenvalue weighted by molar-refractivity contribution is 9.10. The van der Waals surface area contributed by atoms with Gasteiger partial charge in [-0.05, 0) is 36.4 Å². The van der Waals surface area contributed by atoms with Crippen molar-refractivity contribution in [3.63, 3.8) is 0 Å². The van der Waals surface area contributed by atoms with E-state index < -0.39 is 0 Å². The first-order chi connectivity index (χ1) is 12.2. The molecule has 0 saturated carbocycles. The van der Waals surface area contributed by atoms with E-state index in [4.69, 9.17) is 21.6 Å². The third-order valence-corrected chi connectivity index (χ3v) is 4.69. The van der Waals surface area contributed by atoms with E-state index in [0.29, 0.717) is 10.8 Å². The molecule has 0 radical (unpaired) electrons. The lowest BCUT2D eigenvalue weighted by atomic mass is 10.2. The number of rotatable bonds is 3. The van der Waals surface area contributed by atoms with Gasteiger partial charge in [0, 0.05) is 15.4 Å². The molecule has 0 aliphatic rings. The average Bonchev–Trinajstić information content (AvgIpc) is 2.64. The first kappa shape index (κ1) is 16.1. The first-order valence-corrected chi connectivity index (χ1v) is 8.92. The minimum Gasteiger partial charge on any atom is -0.338 e. The summed E-state index contributed by atoms with van der Waals surface area (Å²) in [5.74, 6) is 1.40. The number of benzene rings is 3. The van der Waals surface area contributed by atoms with Crippen molar-refractivity contribution in [2.24, 2.45) is 0 Å². The van der Waals surface area contributed by atoms with E-state index in [1.165, 1.54) is 0 Å². The maximum atomic E-state index is 6.29. The van der Waals surface area contributed by atoms with Crippen LogP contribution in [0.3, 0.4) is 0 Å². The van der Waals surface area contributed by atoms with Crippen LogP contribution in [0, 0.1) is 0 Å². The van der Waals surface area contributed by atoms with Crippen LogP contribution >= 0.6 is 27.5 Å². The van der Waals surface area contributed by atoms with Gasteiger partial charge < -0.3 is 5.32 Å². The van der Waals surface area contributed by atoms with Crippen LogP contribution < -0.4 is 5.32 Å². The summed E-state index contributed by atoms with van der Waals surface area (Å²) in [5, 5.41) is 4.94. The Morgan fingerprint density at radius 3 is 2.32 bits per heavy atom. The molecule has 1 N–H and O–H groups in total. The lowest BCUT2D eigenvalue weighted by Crippen LogP contribution is -1.99. The monoisotopic (exact) mass is 409 g/mol. The summed E-state index contributed by atoms with van der Waals surface area (Å²) >= 11 is 9.75. The Morgan fingerprint density at radius 1 is 0.800 bits per heavy atom. The molecule has 122 valence electrons. The standard InChI is InChI=1S/C20H13BrClN3/c21-14-11-9-13(10-12-14)19-23-17-7-3-1-5-15(17)20(25-19)24-18-8-4-2-6-16(18)22/h1-12H,(H,23,24,25). The molecule has 0 spiro atoms. The van der Waals surface area contributed by atoms with E-state index in [0.717, 1.165) is 32.4 Å². The van der Waals surface area contributed by atoms with Gasteiger partial charge in [0.05, 0.1) is 16.2 Å². The van der Waals surface area contributed by atoms with Gasteiger partial charge in [0.15, 0.2) is 5.82 Å². The number of nitrogens with one attached hydrogen (secondary N) is 1. The van der Waals surface area contributed by atoms with Gasteiger partial charge in [0.1, 0.15) is 5.82 Å². The maximum absolute atomic E-state index is 6.29. The molecule has 0 aliphatic carbocycles. The molecule has 1 heterocycles. The molecular weight excluding hydrogens is 398 g/mol. The fourth-order valence-corrected chi connectivity index (χ4v) is 3.04. The van der Waals surface area contributed by atoms with Crippen LogP contribution in [0.1, 0.15) is 0 Å². The molecule has 0 amide bonds. The lowest BCUT2D eigenvalue weighted by Gasteiger charge is -2.12. The summed E-state index contributed by atoms with van der Waals surface area (Å²) in [5.41, 5.74) is 2.65. The van der Waals surface area contributed by atoms with E-state index in [9.17, 15) is 0 Å². The Bertz CT molecular complexity index is 1050. The van der Waals surface area contributed by atoms with Crippen molar-refractivity contribution >= 4 is 49.9 Å². The molecule has 0 atom stereocenters. The van der Waals surface area contributed by atoms with Crippen molar-refractivity contribution in [1.82, 2.24) is 9.97 Å². The third kappa shape index (κ3) is 3.36. The van der Waals surface area contributed by atoms with Crippen molar-refractivity contribution < 1.29 is 0 Å². The van der Waals surface area contributed by atoms with Crippen LogP contribution in [-0.2, 0) is 0 Å². The molecule has 0 unspecified atom stereocenters. The highest BCUT2D eigenvalue weighted by Crippen LogP contribution is 2.30. The van der Waals surface area contributed by atoms with Gasteiger partial charge in [0.2, 0.25) is 0 Å². The van der Waals surface area contributed by atoms with Crippen molar-refractivity contribution in [3.8, 4) is 11.4 Å². The van der Waals surface area contributed by atoms with Crippen LogP contribution in [0.5, 0.6) is 0 Å². The highest BCUT2D eigenvalue weighted by Gasteiger charge is 2.10. The normalized spacial score (nSPS) is 10.8. The van der Waals surface area contributed by atoms with E-state index in [1.807, 2.05) is 72.8 Å². The van der Waals surface area contributed by atoms with Crippen LogP contribution in [0.25, 0.3) is 22.3 Å². The van der Waals surface area contributed by atoms with Gasteiger partial charge in [-0.3, -0.25) is 0 Å². The minimum absolute atomic E-state index is 0.649. The van der Waals surface area contributed by atoms with E-state index in [2.05, 4.69) is 21.2 Å². The summed E-state index contributed by atoms with van der Waals surface area (Å²) in [6.07, 6.45) is 0.